The maximum Gasteiger partial charge on any atom is 0.315 e. The molecule has 0 aliphatic carbocycles. The second-order valence-electron chi connectivity index (χ2n) is 8.55. The number of nitrogens with one attached hydrogen (secondary N) is 2. The fraction of sp³-hybridized carbons (Fsp3) is 0.440. The minimum absolute atomic E-state index is 0.169. The predicted octanol–water partition coefficient (Wildman–Crippen LogP) is 4.18. The van der Waals surface area contributed by atoms with Gasteiger partial charge in [0.15, 0.2) is 9.84 Å². The van der Waals surface area contributed by atoms with Crippen molar-refractivity contribution in [3.8, 4) is 0 Å². The second-order valence-corrected chi connectivity index (χ2v) is 11.5. The molecule has 3 rings (SSSR count). The molecular weight excluding hydrogens is 472 g/mol. The number of urea groups is 1. The van der Waals surface area contributed by atoms with E-state index in [-0.39, 0.29) is 11.5 Å². The summed E-state index contributed by atoms with van der Waals surface area (Å²) in [5.41, 5.74) is 2.57. The summed E-state index contributed by atoms with van der Waals surface area (Å²) >= 11 is 1.58. The van der Waals surface area contributed by atoms with Crippen LogP contribution >= 0.6 is 11.8 Å². The van der Waals surface area contributed by atoms with Crippen molar-refractivity contribution in [3.05, 3.63) is 59.2 Å². The third kappa shape index (κ3) is 6.13. The first-order chi connectivity index (χ1) is 16.2. The second kappa shape index (κ2) is 11.3. The lowest BCUT2D eigenvalue weighted by Gasteiger charge is -2.38. The third-order valence-electron chi connectivity index (χ3n) is 6.12. The summed E-state index contributed by atoms with van der Waals surface area (Å²) in [7, 11) is -3.78. The minimum atomic E-state index is -3.78. The molecule has 1 saturated heterocycles. The Bertz CT molecular complexity index is 1130. The standard InChI is InChI=1S/C25H32N2O5S2/c1-5-6-13-32-24(28)22-21(15-34(30,31)20-12-7-16(2)17(3)14-20)26-25(29)27-23(22)18-8-10-19(33-4)11-9-18/h7-12,14,21-23H,5-6,13,15H2,1-4H3,(H2,26,27,29). The number of thioether (sulfide) groups is 1. The van der Waals surface area contributed by atoms with Crippen molar-refractivity contribution >= 4 is 33.6 Å². The first-order valence-corrected chi connectivity index (χ1v) is 14.2. The van der Waals surface area contributed by atoms with Gasteiger partial charge in [-0.2, -0.15) is 0 Å². The van der Waals surface area contributed by atoms with Crippen molar-refractivity contribution in [2.75, 3.05) is 18.6 Å². The van der Waals surface area contributed by atoms with Crippen LogP contribution in [-0.4, -0.2) is 45.1 Å². The molecule has 1 heterocycles. The van der Waals surface area contributed by atoms with Crippen LogP contribution in [0.4, 0.5) is 4.79 Å². The van der Waals surface area contributed by atoms with E-state index in [0.717, 1.165) is 28.0 Å². The number of amides is 2. The summed E-state index contributed by atoms with van der Waals surface area (Å²) in [6.07, 6.45) is 3.52. The molecule has 0 spiro atoms. The van der Waals surface area contributed by atoms with Crippen molar-refractivity contribution < 1.29 is 22.7 Å². The lowest BCUT2D eigenvalue weighted by Crippen LogP contribution is -2.60. The van der Waals surface area contributed by atoms with Crippen LogP contribution < -0.4 is 10.6 Å². The van der Waals surface area contributed by atoms with Gasteiger partial charge in [-0.25, -0.2) is 13.2 Å². The highest BCUT2D eigenvalue weighted by Crippen LogP contribution is 2.32. The van der Waals surface area contributed by atoms with Crippen molar-refractivity contribution in [1.29, 1.82) is 0 Å². The smallest absolute Gasteiger partial charge is 0.315 e. The summed E-state index contributed by atoms with van der Waals surface area (Å²) < 4.78 is 32.1. The topological polar surface area (TPSA) is 102 Å². The molecule has 3 atom stereocenters. The normalized spacial score (nSPS) is 20.4. The monoisotopic (exact) mass is 504 g/mol. The highest BCUT2D eigenvalue weighted by molar-refractivity contribution is 7.98. The molecule has 34 heavy (non-hydrogen) atoms. The van der Waals surface area contributed by atoms with Crippen LogP contribution in [-0.2, 0) is 19.4 Å². The van der Waals surface area contributed by atoms with Gasteiger partial charge in [0.25, 0.3) is 0 Å². The average Bonchev–Trinajstić information content (AvgIpc) is 2.80. The van der Waals surface area contributed by atoms with Crippen LogP contribution in [0.2, 0.25) is 0 Å². The van der Waals surface area contributed by atoms with Crippen molar-refractivity contribution in [1.82, 2.24) is 10.6 Å². The Kier molecular flexibility index (Phi) is 8.65. The Morgan fingerprint density at radius 1 is 1.06 bits per heavy atom. The largest absolute Gasteiger partial charge is 0.465 e. The Balaban J connectivity index is 1.96. The molecule has 0 aromatic heterocycles. The maximum atomic E-state index is 13.3. The first kappa shape index (κ1) is 26.1. The van der Waals surface area contributed by atoms with Gasteiger partial charge >= 0.3 is 12.0 Å². The van der Waals surface area contributed by atoms with Crippen LogP contribution in [0.1, 0.15) is 42.5 Å². The highest BCUT2D eigenvalue weighted by atomic mass is 32.2. The Morgan fingerprint density at radius 3 is 2.38 bits per heavy atom. The van der Waals surface area contributed by atoms with E-state index >= 15 is 0 Å². The van der Waals surface area contributed by atoms with Gasteiger partial charge in [-0.3, -0.25) is 4.79 Å². The Hall–Kier alpha value is -2.52. The number of aryl methyl sites for hydroxylation is 2. The quantitative estimate of drug-likeness (QED) is 0.302. The summed E-state index contributed by atoms with van der Waals surface area (Å²) in [6.45, 7) is 6.00. The number of carbonyl (C=O) groups excluding carboxylic acids is 2. The van der Waals surface area contributed by atoms with Gasteiger partial charge in [-0.1, -0.05) is 31.5 Å². The molecule has 2 aromatic carbocycles. The number of carbonyl (C=O) groups is 2. The lowest BCUT2D eigenvalue weighted by molar-refractivity contribution is -0.151. The van der Waals surface area contributed by atoms with E-state index in [1.807, 2.05) is 51.3 Å². The molecule has 184 valence electrons. The highest BCUT2D eigenvalue weighted by Gasteiger charge is 2.45. The van der Waals surface area contributed by atoms with Gasteiger partial charge in [-0.05, 0) is 67.5 Å². The van der Waals surface area contributed by atoms with E-state index in [0.29, 0.717) is 6.42 Å². The summed E-state index contributed by atoms with van der Waals surface area (Å²) in [5.74, 6) is -1.84. The predicted molar refractivity (Wildman–Crippen MR) is 134 cm³/mol. The van der Waals surface area contributed by atoms with E-state index < -0.39 is 45.6 Å². The van der Waals surface area contributed by atoms with Crippen molar-refractivity contribution in [2.24, 2.45) is 5.92 Å². The van der Waals surface area contributed by atoms with Crippen LogP contribution in [0.15, 0.2) is 52.3 Å². The van der Waals surface area contributed by atoms with Gasteiger partial charge in [0.2, 0.25) is 0 Å². The number of ether oxygens (including phenoxy) is 1. The number of unbranched alkanes of at least 4 members (excludes halogenated alkanes) is 1. The van der Waals surface area contributed by atoms with E-state index in [1.165, 1.54) is 0 Å². The Morgan fingerprint density at radius 2 is 1.76 bits per heavy atom. The molecule has 1 aliphatic rings. The van der Waals surface area contributed by atoms with E-state index in [4.69, 9.17) is 4.74 Å². The van der Waals surface area contributed by atoms with Gasteiger partial charge < -0.3 is 15.4 Å². The minimum Gasteiger partial charge on any atom is -0.465 e. The number of sulfone groups is 1. The third-order valence-corrected chi connectivity index (χ3v) is 8.64. The Labute approximate surface area is 206 Å². The molecule has 0 bridgehead atoms. The zero-order valence-electron chi connectivity index (χ0n) is 20.0. The first-order valence-electron chi connectivity index (χ1n) is 11.3. The summed E-state index contributed by atoms with van der Waals surface area (Å²) in [6, 6.07) is 10.3. The fourth-order valence-corrected chi connectivity index (χ4v) is 5.96. The molecule has 9 heteroatoms. The van der Waals surface area contributed by atoms with Crippen LogP contribution in [0.5, 0.6) is 0 Å². The lowest BCUT2D eigenvalue weighted by atomic mass is 9.86. The van der Waals surface area contributed by atoms with Gasteiger partial charge in [0.1, 0.15) is 5.92 Å². The molecule has 3 unspecified atom stereocenters. The molecule has 7 nitrogen and oxygen atoms in total. The van der Waals surface area contributed by atoms with Crippen molar-refractivity contribution in [2.45, 2.75) is 55.5 Å². The fourth-order valence-electron chi connectivity index (χ4n) is 3.96. The molecule has 2 aromatic rings. The summed E-state index contributed by atoms with van der Waals surface area (Å²) in [4.78, 5) is 27.0. The van der Waals surface area contributed by atoms with Gasteiger partial charge in [0, 0.05) is 4.90 Å². The van der Waals surface area contributed by atoms with E-state index in [9.17, 15) is 18.0 Å². The molecule has 0 saturated carbocycles. The number of benzene rings is 2. The maximum absolute atomic E-state index is 13.3. The number of rotatable bonds is 9. The van der Waals surface area contributed by atoms with Crippen LogP contribution in [0.25, 0.3) is 0 Å². The van der Waals surface area contributed by atoms with Gasteiger partial charge in [0.05, 0.1) is 29.3 Å². The van der Waals surface area contributed by atoms with Crippen LogP contribution in [0.3, 0.4) is 0 Å². The van der Waals surface area contributed by atoms with Crippen molar-refractivity contribution in [3.63, 3.8) is 0 Å². The number of hydrogen-bond acceptors (Lipinski definition) is 6. The molecule has 2 N–H and O–H groups in total. The SMILES string of the molecule is CCCCOC(=O)C1C(CS(=O)(=O)c2ccc(C)c(C)c2)NC(=O)NC1c1ccc(SC)cc1. The molecule has 1 aliphatic heterocycles. The van der Waals surface area contributed by atoms with Crippen LogP contribution in [0, 0.1) is 19.8 Å². The number of hydrogen-bond donors (Lipinski definition) is 2. The molecule has 0 radical (unpaired) electrons. The molecular formula is C25H32N2O5S2. The zero-order chi connectivity index (χ0) is 24.9. The number of esters is 1. The van der Waals surface area contributed by atoms with Gasteiger partial charge in [-0.15, -0.1) is 11.8 Å². The summed E-state index contributed by atoms with van der Waals surface area (Å²) in [5, 5.41) is 5.49. The zero-order valence-corrected chi connectivity index (χ0v) is 21.6. The molecule has 2 amide bonds. The van der Waals surface area contributed by atoms with E-state index in [1.54, 1.807) is 30.0 Å². The van der Waals surface area contributed by atoms with E-state index in [2.05, 4.69) is 10.6 Å². The molecule has 1 fully saturated rings. The average molecular weight is 505 g/mol.